The van der Waals surface area contributed by atoms with Gasteiger partial charge >= 0.3 is 0 Å². The average molecular weight is 389 g/mol. The highest BCUT2D eigenvalue weighted by molar-refractivity contribution is 5.77. The van der Waals surface area contributed by atoms with Crippen LogP contribution in [0.3, 0.4) is 0 Å². The smallest absolute Gasteiger partial charge is 0.298 e. The molecule has 7 heteroatoms. The minimum Gasteiger partial charge on any atom is -0.497 e. The van der Waals surface area contributed by atoms with Crippen LogP contribution in [-0.2, 0) is 4.79 Å². The summed E-state index contributed by atoms with van der Waals surface area (Å²) in [4.78, 5) is 21.4. The summed E-state index contributed by atoms with van der Waals surface area (Å²) in [6.07, 6.45) is 4.21. The number of fused-ring (bicyclic) bond motifs is 1. The van der Waals surface area contributed by atoms with Crippen LogP contribution in [0.4, 0.5) is 6.01 Å². The van der Waals surface area contributed by atoms with Crippen molar-refractivity contribution in [3.8, 4) is 5.75 Å². The summed E-state index contributed by atoms with van der Waals surface area (Å²) in [6.45, 7) is 5.30. The third kappa shape index (κ3) is 4.95. The number of carbonyl (C=O) groups is 1. The molecule has 154 valence electrons. The fourth-order valence-electron chi connectivity index (χ4n) is 3.81. The molecule has 1 aromatic heterocycles. The molecule has 1 fully saturated rings. The molecule has 2 aromatic rings. The number of hydrogen-bond donors (Lipinski definition) is 1. The number of rotatable bonds is 9. The highest BCUT2D eigenvalue weighted by Crippen LogP contribution is 2.29. The van der Waals surface area contributed by atoms with E-state index >= 15 is 0 Å². The Bertz CT molecular complexity index is 776. The first kappa shape index (κ1) is 20.5. The number of unbranched alkanes of at least 4 members (excludes halogenated alkanes) is 1. The standard InChI is InChI=1S/C21H31N3O4/c1-3-23(10-4-5-12-25)20(26)13-16-7-6-11-24(15-16)21-22-18-14-17(27-2)8-9-19(18)28-21/h8-9,14,16,25H,3-7,10-13,15H2,1-2H3. The predicted octanol–water partition coefficient (Wildman–Crippen LogP) is 3.06. The van der Waals surface area contributed by atoms with Crippen molar-refractivity contribution < 1.29 is 19.1 Å². The van der Waals surface area contributed by atoms with E-state index in [0.29, 0.717) is 24.9 Å². The molecule has 1 N–H and O–H groups in total. The maximum Gasteiger partial charge on any atom is 0.298 e. The summed E-state index contributed by atoms with van der Waals surface area (Å²) in [5.74, 6) is 1.27. The Hall–Kier alpha value is -2.28. The van der Waals surface area contributed by atoms with Crippen LogP contribution in [0.1, 0.15) is 39.0 Å². The maximum absolute atomic E-state index is 12.7. The molecule has 1 aliphatic heterocycles. The molecule has 0 aliphatic carbocycles. The zero-order valence-electron chi connectivity index (χ0n) is 16.9. The van der Waals surface area contributed by atoms with E-state index in [1.54, 1.807) is 7.11 Å². The summed E-state index contributed by atoms with van der Waals surface area (Å²) in [6, 6.07) is 6.24. The number of amides is 1. The third-order valence-electron chi connectivity index (χ3n) is 5.41. The second-order valence-corrected chi connectivity index (χ2v) is 7.39. The number of piperidine rings is 1. The lowest BCUT2D eigenvalue weighted by Crippen LogP contribution is -2.39. The summed E-state index contributed by atoms with van der Waals surface area (Å²) in [5.41, 5.74) is 1.53. The van der Waals surface area contributed by atoms with Crippen LogP contribution < -0.4 is 9.64 Å². The number of carbonyl (C=O) groups excluding carboxylic acids is 1. The van der Waals surface area contributed by atoms with Crippen LogP contribution in [0.25, 0.3) is 11.1 Å². The summed E-state index contributed by atoms with van der Waals surface area (Å²) >= 11 is 0. The number of anilines is 1. The number of hydrogen-bond acceptors (Lipinski definition) is 6. The second-order valence-electron chi connectivity index (χ2n) is 7.39. The predicted molar refractivity (Wildman–Crippen MR) is 109 cm³/mol. The van der Waals surface area contributed by atoms with Gasteiger partial charge in [-0.05, 0) is 50.7 Å². The molecule has 1 unspecified atom stereocenters. The van der Waals surface area contributed by atoms with E-state index in [1.165, 1.54) is 0 Å². The number of oxazole rings is 1. The summed E-state index contributed by atoms with van der Waals surface area (Å²) < 4.78 is 11.2. The van der Waals surface area contributed by atoms with Crippen molar-refractivity contribution >= 4 is 23.0 Å². The normalized spacial score (nSPS) is 17.1. The Morgan fingerprint density at radius 3 is 3.04 bits per heavy atom. The van der Waals surface area contributed by atoms with Crippen LogP contribution in [0.5, 0.6) is 5.75 Å². The minimum atomic E-state index is 0.180. The lowest BCUT2D eigenvalue weighted by Gasteiger charge is -2.32. The van der Waals surface area contributed by atoms with E-state index in [0.717, 1.165) is 62.2 Å². The summed E-state index contributed by atoms with van der Waals surface area (Å²) in [7, 11) is 1.64. The van der Waals surface area contributed by atoms with Gasteiger partial charge in [0.2, 0.25) is 5.91 Å². The van der Waals surface area contributed by atoms with Crippen LogP contribution in [0.15, 0.2) is 22.6 Å². The Kier molecular flexibility index (Phi) is 7.14. The van der Waals surface area contributed by atoms with Gasteiger partial charge in [-0.25, -0.2) is 0 Å². The molecule has 1 amide bonds. The summed E-state index contributed by atoms with van der Waals surface area (Å²) in [5, 5.41) is 8.94. The average Bonchev–Trinajstić information content (AvgIpc) is 3.14. The molecule has 0 bridgehead atoms. The third-order valence-corrected chi connectivity index (χ3v) is 5.41. The first-order chi connectivity index (χ1) is 13.6. The van der Waals surface area contributed by atoms with E-state index in [-0.39, 0.29) is 12.5 Å². The van der Waals surface area contributed by atoms with Crippen molar-refractivity contribution in [3.05, 3.63) is 18.2 Å². The Balaban J connectivity index is 1.61. The quantitative estimate of drug-likeness (QED) is 0.664. The van der Waals surface area contributed by atoms with Crippen LogP contribution >= 0.6 is 0 Å². The molecular formula is C21H31N3O4. The minimum absolute atomic E-state index is 0.180. The Morgan fingerprint density at radius 1 is 1.43 bits per heavy atom. The number of aromatic nitrogens is 1. The van der Waals surface area contributed by atoms with Gasteiger partial charge in [-0.1, -0.05) is 0 Å². The van der Waals surface area contributed by atoms with Gasteiger partial charge in [0, 0.05) is 45.3 Å². The van der Waals surface area contributed by atoms with Gasteiger partial charge in [-0.2, -0.15) is 4.98 Å². The van der Waals surface area contributed by atoms with E-state index in [2.05, 4.69) is 9.88 Å². The van der Waals surface area contributed by atoms with Crippen molar-refractivity contribution in [1.29, 1.82) is 0 Å². The number of methoxy groups -OCH3 is 1. The topological polar surface area (TPSA) is 79.0 Å². The molecule has 1 saturated heterocycles. The molecule has 28 heavy (non-hydrogen) atoms. The molecule has 1 aliphatic rings. The molecular weight excluding hydrogens is 358 g/mol. The van der Waals surface area contributed by atoms with E-state index in [9.17, 15) is 4.79 Å². The molecule has 7 nitrogen and oxygen atoms in total. The van der Waals surface area contributed by atoms with E-state index in [4.69, 9.17) is 14.3 Å². The van der Waals surface area contributed by atoms with Crippen molar-refractivity contribution in [2.24, 2.45) is 5.92 Å². The van der Waals surface area contributed by atoms with Gasteiger partial charge in [-0.3, -0.25) is 4.79 Å². The number of aliphatic hydroxyl groups excluding tert-OH is 1. The van der Waals surface area contributed by atoms with Gasteiger partial charge in [0.1, 0.15) is 11.3 Å². The molecule has 1 aromatic carbocycles. The van der Waals surface area contributed by atoms with Crippen LogP contribution in [-0.4, -0.2) is 60.8 Å². The zero-order valence-corrected chi connectivity index (χ0v) is 16.9. The van der Waals surface area contributed by atoms with E-state index in [1.807, 2.05) is 30.0 Å². The van der Waals surface area contributed by atoms with Gasteiger partial charge < -0.3 is 24.1 Å². The number of benzene rings is 1. The SMILES string of the molecule is CCN(CCCCO)C(=O)CC1CCCN(c2nc3cc(OC)ccc3o2)C1. The first-order valence-corrected chi connectivity index (χ1v) is 10.2. The van der Waals surface area contributed by atoms with Gasteiger partial charge in [0.25, 0.3) is 6.01 Å². The second kappa shape index (κ2) is 9.78. The first-order valence-electron chi connectivity index (χ1n) is 10.2. The van der Waals surface area contributed by atoms with Crippen molar-refractivity contribution in [2.45, 2.75) is 39.0 Å². The fourth-order valence-corrected chi connectivity index (χ4v) is 3.81. The lowest BCUT2D eigenvalue weighted by atomic mass is 9.94. The van der Waals surface area contributed by atoms with Gasteiger partial charge in [0.15, 0.2) is 5.58 Å². The monoisotopic (exact) mass is 389 g/mol. The molecule has 0 spiro atoms. The van der Waals surface area contributed by atoms with Crippen LogP contribution in [0, 0.1) is 5.92 Å². The Morgan fingerprint density at radius 2 is 2.29 bits per heavy atom. The van der Waals surface area contributed by atoms with Crippen molar-refractivity contribution in [1.82, 2.24) is 9.88 Å². The molecule has 2 heterocycles. The number of aliphatic hydroxyl groups is 1. The van der Waals surface area contributed by atoms with Crippen molar-refractivity contribution in [2.75, 3.05) is 44.8 Å². The van der Waals surface area contributed by atoms with E-state index < -0.39 is 0 Å². The fraction of sp³-hybridized carbons (Fsp3) is 0.619. The van der Waals surface area contributed by atoms with Crippen molar-refractivity contribution in [3.63, 3.8) is 0 Å². The lowest BCUT2D eigenvalue weighted by molar-refractivity contribution is -0.132. The molecule has 1 atom stereocenters. The largest absolute Gasteiger partial charge is 0.497 e. The number of ether oxygens (including phenoxy) is 1. The molecule has 0 radical (unpaired) electrons. The van der Waals surface area contributed by atoms with Crippen LogP contribution in [0.2, 0.25) is 0 Å². The molecule has 0 saturated carbocycles. The molecule has 3 rings (SSSR count). The highest BCUT2D eigenvalue weighted by Gasteiger charge is 2.26. The van der Waals surface area contributed by atoms with Gasteiger partial charge in [0.05, 0.1) is 7.11 Å². The zero-order chi connectivity index (χ0) is 19.9. The maximum atomic E-state index is 12.7. The number of nitrogens with zero attached hydrogens (tertiary/aromatic N) is 3. The highest BCUT2D eigenvalue weighted by atomic mass is 16.5. The Labute approximate surface area is 166 Å². The van der Waals surface area contributed by atoms with Gasteiger partial charge in [-0.15, -0.1) is 0 Å².